The van der Waals surface area contributed by atoms with Gasteiger partial charge in [-0.25, -0.2) is 4.90 Å². The molecular weight excluding hydrogens is 456 g/mol. The van der Waals surface area contributed by atoms with Gasteiger partial charge in [-0.15, -0.1) is 0 Å². The highest BCUT2D eigenvalue weighted by Crippen LogP contribution is 2.73. The van der Waals surface area contributed by atoms with Crippen molar-refractivity contribution in [3.8, 4) is 0 Å². The van der Waals surface area contributed by atoms with Crippen LogP contribution >= 0.6 is 0 Å². The summed E-state index contributed by atoms with van der Waals surface area (Å²) in [5.41, 5.74) is 1.01. The number of nitrogens with zero attached hydrogens (tertiary/aromatic N) is 2. The number of nitro benzene ring substituents is 1. The van der Waals surface area contributed by atoms with Crippen LogP contribution in [-0.4, -0.2) is 22.5 Å². The highest BCUT2D eigenvalue weighted by atomic mass is 16.6. The molecule has 3 aromatic rings. The molecule has 4 atom stereocenters. The molecule has 6 rings (SSSR count). The number of imide groups is 1. The number of anilines is 1. The Bertz CT molecular complexity index is 1410. The lowest BCUT2D eigenvalue weighted by Gasteiger charge is -2.35. The third-order valence-corrected chi connectivity index (χ3v) is 8.23. The Kier molecular flexibility index (Phi) is 4.48. The number of hydrogen-bond donors (Lipinski definition) is 0. The molecule has 3 aromatic carbocycles. The predicted molar refractivity (Wildman–Crippen MR) is 133 cm³/mol. The molecule has 0 radical (unpaired) electrons. The first kappa shape index (κ1) is 22.1. The summed E-state index contributed by atoms with van der Waals surface area (Å²) in [4.78, 5) is 53.7. The van der Waals surface area contributed by atoms with E-state index in [9.17, 15) is 24.5 Å². The molecule has 2 amide bonds. The van der Waals surface area contributed by atoms with Gasteiger partial charge >= 0.3 is 0 Å². The molecule has 2 bridgehead atoms. The first-order valence-corrected chi connectivity index (χ1v) is 11.8. The topological polar surface area (TPSA) is 97.6 Å². The van der Waals surface area contributed by atoms with E-state index in [1.807, 2.05) is 60.7 Å². The second-order valence-corrected chi connectivity index (χ2v) is 9.96. The van der Waals surface area contributed by atoms with Crippen molar-refractivity contribution < 1.29 is 19.3 Å². The highest BCUT2D eigenvalue weighted by molar-refractivity contribution is 6.34. The van der Waals surface area contributed by atoms with E-state index in [1.165, 1.54) is 24.3 Å². The van der Waals surface area contributed by atoms with E-state index in [0.717, 1.165) is 27.2 Å². The van der Waals surface area contributed by atoms with Gasteiger partial charge in [0.2, 0.25) is 11.8 Å². The van der Waals surface area contributed by atoms with Crippen LogP contribution in [0.15, 0.2) is 84.9 Å². The number of carbonyl (C=O) groups is 3. The fraction of sp³-hybridized carbons (Fsp3) is 0.207. The van der Waals surface area contributed by atoms with Gasteiger partial charge in [0.1, 0.15) is 0 Å². The number of benzene rings is 3. The van der Waals surface area contributed by atoms with Crippen LogP contribution < -0.4 is 4.90 Å². The molecule has 2 aliphatic carbocycles. The van der Waals surface area contributed by atoms with Crippen molar-refractivity contribution >= 4 is 40.1 Å². The van der Waals surface area contributed by atoms with Gasteiger partial charge < -0.3 is 0 Å². The Morgan fingerprint density at radius 2 is 1.11 bits per heavy atom. The fourth-order valence-electron chi connectivity index (χ4n) is 6.79. The van der Waals surface area contributed by atoms with Gasteiger partial charge in [0.15, 0.2) is 5.78 Å². The van der Waals surface area contributed by atoms with E-state index in [-0.39, 0.29) is 17.2 Å². The maximum absolute atomic E-state index is 14.2. The number of ketones is 1. The number of fused-ring (bicyclic) bond motifs is 5. The van der Waals surface area contributed by atoms with Crippen LogP contribution in [0.5, 0.6) is 0 Å². The lowest BCUT2D eigenvalue weighted by molar-refractivity contribution is -0.384. The SMILES string of the molecule is C[C@]12C(=O)[C@@](C)(C(c3ccccc3)=C1c1ccccc1)[C@H]1C(=O)N(c3ccc([N+](=O)[O-])cc3)C(=O)[C@H]12. The second kappa shape index (κ2) is 7.31. The van der Waals surface area contributed by atoms with Crippen LogP contribution in [0, 0.1) is 32.8 Å². The molecule has 0 spiro atoms. The van der Waals surface area contributed by atoms with Crippen molar-refractivity contribution in [3.05, 3.63) is 106 Å². The first-order chi connectivity index (χ1) is 17.2. The predicted octanol–water partition coefficient (Wildman–Crippen LogP) is 4.92. The van der Waals surface area contributed by atoms with Crippen LogP contribution in [0.1, 0.15) is 25.0 Å². The van der Waals surface area contributed by atoms with E-state index in [2.05, 4.69) is 0 Å². The van der Waals surface area contributed by atoms with Gasteiger partial charge in [-0.1, -0.05) is 60.7 Å². The smallest absolute Gasteiger partial charge is 0.269 e. The average molecular weight is 479 g/mol. The van der Waals surface area contributed by atoms with E-state index in [1.54, 1.807) is 13.8 Å². The second-order valence-electron chi connectivity index (χ2n) is 9.96. The summed E-state index contributed by atoms with van der Waals surface area (Å²) in [5, 5.41) is 11.1. The number of rotatable bonds is 4. The zero-order valence-corrected chi connectivity index (χ0v) is 19.7. The van der Waals surface area contributed by atoms with Crippen molar-refractivity contribution in [2.24, 2.45) is 22.7 Å². The fourth-order valence-corrected chi connectivity index (χ4v) is 6.79. The van der Waals surface area contributed by atoms with Gasteiger partial charge in [0.05, 0.1) is 33.3 Å². The number of non-ortho nitro benzene ring substituents is 1. The summed E-state index contributed by atoms with van der Waals surface area (Å²) in [6, 6.07) is 24.5. The molecule has 1 heterocycles. The van der Waals surface area contributed by atoms with Crippen LogP contribution in [0.4, 0.5) is 11.4 Å². The van der Waals surface area contributed by atoms with Crippen molar-refractivity contribution in [3.63, 3.8) is 0 Å². The first-order valence-electron chi connectivity index (χ1n) is 11.8. The van der Waals surface area contributed by atoms with E-state index in [4.69, 9.17) is 0 Å². The minimum absolute atomic E-state index is 0.118. The summed E-state index contributed by atoms with van der Waals surface area (Å²) in [5.74, 6) is -2.73. The van der Waals surface area contributed by atoms with E-state index < -0.39 is 39.4 Å². The molecule has 0 aromatic heterocycles. The Hall–Kier alpha value is -4.39. The summed E-state index contributed by atoms with van der Waals surface area (Å²) in [7, 11) is 0. The summed E-state index contributed by atoms with van der Waals surface area (Å²) in [6.07, 6.45) is 0. The number of allylic oxidation sites excluding steroid dienone is 2. The minimum atomic E-state index is -1.20. The van der Waals surface area contributed by atoms with Crippen molar-refractivity contribution in [1.29, 1.82) is 0 Å². The molecule has 7 nitrogen and oxygen atoms in total. The highest BCUT2D eigenvalue weighted by Gasteiger charge is 2.78. The van der Waals surface area contributed by atoms with Gasteiger partial charge in [-0.3, -0.25) is 24.5 Å². The van der Waals surface area contributed by atoms with Crippen molar-refractivity contribution in [2.75, 3.05) is 4.90 Å². The number of carbonyl (C=O) groups excluding carboxylic acids is 3. The quantitative estimate of drug-likeness (QED) is 0.301. The minimum Gasteiger partial charge on any atom is -0.298 e. The lowest BCUT2D eigenvalue weighted by Crippen LogP contribution is -2.40. The number of hydrogen-bond acceptors (Lipinski definition) is 5. The van der Waals surface area contributed by atoms with Crippen LogP contribution in [-0.2, 0) is 14.4 Å². The Balaban J connectivity index is 1.57. The normalized spacial score (nSPS) is 28.7. The molecule has 1 saturated carbocycles. The summed E-state index contributed by atoms with van der Waals surface area (Å²) >= 11 is 0. The monoisotopic (exact) mass is 478 g/mol. The molecule has 2 fully saturated rings. The molecule has 1 saturated heterocycles. The molecule has 36 heavy (non-hydrogen) atoms. The Morgan fingerprint density at radius 3 is 1.50 bits per heavy atom. The summed E-state index contributed by atoms with van der Waals surface area (Å²) in [6.45, 7) is 3.59. The van der Waals surface area contributed by atoms with Crippen molar-refractivity contribution in [2.45, 2.75) is 13.8 Å². The zero-order chi connectivity index (χ0) is 25.4. The molecule has 0 unspecified atom stereocenters. The van der Waals surface area contributed by atoms with Gasteiger partial charge in [-0.05, 0) is 48.3 Å². The third kappa shape index (κ3) is 2.54. The van der Waals surface area contributed by atoms with Gasteiger partial charge in [-0.2, -0.15) is 0 Å². The molecule has 1 aliphatic heterocycles. The van der Waals surface area contributed by atoms with E-state index in [0.29, 0.717) is 0 Å². The maximum atomic E-state index is 14.2. The average Bonchev–Trinajstić information content (AvgIpc) is 3.34. The molecular formula is C29H22N2O5. The maximum Gasteiger partial charge on any atom is 0.269 e. The van der Waals surface area contributed by atoms with Gasteiger partial charge in [0, 0.05) is 12.1 Å². The van der Waals surface area contributed by atoms with Crippen LogP contribution in [0.3, 0.4) is 0 Å². The Labute approximate surface area is 207 Å². The third-order valence-electron chi connectivity index (χ3n) is 8.23. The molecule has 7 heteroatoms. The van der Waals surface area contributed by atoms with Crippen LogP contribution in [0.2, 0.25) is 0 Å². The molecule has 3 aliphatic rings. The largest absolute Gasteiger partial charge is 0.298 e. The number of nitro groups is 1. The van der Waals surface area contributed by atoms with E-state index >= 15 is 0 Å². The lowest BCUT2D eigenvalue weighted by atomic mass is 9.63. The summed E-state index contributed by atoms with van der Waals surface area (Å²) < 4.78 is 0. The molecule has 0 N–H and O–H groups in total. The number of amides is 2. The number of Topliss-reactive ketones (excluding diaryl/α,β-unsaturated/α-hetero) is 1. The standard InChI is InChI=1S/C29H22N2O5/c1-28-21(17-9-5-3-6-10-17)22(18-11-7-4-8-12-18)29(2,27(28)34)24-23(28)25(32)30(26(24)33)19-13-15-20(16-14-19)31(35)36/h3-16,23-24H,1-2H3/t23-,24+,28-,29-/m0/s1. The zero-order valence-electron chi connectivity index (χ0n) is 19.7. The van der Waals surface area contributed by atoms with Crippen LogP contribution in [0.25, 0.3) is 11.1 Å². The molecule has 178 valence electrons. The Morgan fingerprint density at radius 1 is 0.694 bits per heavy atom. The van der Waals surface area contributed by atoms with Crippen molar-refractivity contribution in [1.82, 2.24) is 0 Å². The van der Waals surface area contributed by atoms with Gasteiger partial charge in [0.25, 0.3) is 5.69 Å².